The van der Waals surface area contributed by atoms with Gasteiger partial charge in [-0.3, -0.25) is 14.3 Å². The Labute approximate surface area is 85.8 Å². The molecule has 0 saturated heterocycles. The fraction of sp³-hybridized carbons (Fsp3) is 0.556. The Morgan fingerprint density at radius 2 is 2.20 bits per heavy atom. The van der Waals surface area contributed by atoms with Crippen LogP contribution in [0.25, 0.3) is 0 Å². The smallest absolute Gasteiger partial charge is 0.328 e. The molecule has 0 radical (unpaired) electrons. The molecule has 0 aliphatic rings. The van der Waals surface area contributed by atoms with Crippen LogP contribution in [-0.2, 0) is 13.0 Å². The van der Waals surface area contributed by atoms with Crippen LogP contribution < -0.4 is 11.2 Å². The van der Waals surface area contributed by atoms with E-state index in [0.29, 0.717) is 12.0 Å². The lowest BCUT2D eigenvalue weighted by Gasteiger charge is -2.10. The van der Waals surface area contributed by atoms with E-state index in [4.69, 9.17) is 10.2 Å². The lowest BCUT2D eigenvalue weighted by molar-refractivity contribution is 0.0799. The third-order valence-electron chi connectivity index (χ3n) is 2.08. The number of nitrogens with one attached hydrogen (secondary N) is 1. The number of aryl methyl sites for hydroxylation is 1. The second kappa shape index (κ2) is 4.90. The summed E-state index contributed by atoms with van der Waals surface area (Å²) in [6.07, 6.45) is 0.906. The summed E-state index contributed by atoms with van der Waals surface area (Å²) in [4.78, 5) is 24.6. The van der Waals surface area contributed by atoms with E-state index >= 15 is 0 Å². The molecule has 1 atom stereocenters. The Morgan fingerprint density at radius 3 is 2.73 bits per heavy atom. The predicted molar refractivity (Wildman–Crippen MR) is 53.8 cm³/mol. The predicted octanol–water partition coefficient (Wildman–Crippen LogP) is -1.55. The number of hydrogen-bond acceptors (Lipinski definition) is 4. The minimum Gasteiger partial charge on any atom is -0.394 e. The largest absolute Gasteiger partial charge is 0.394 e. The fourth-order valence-corrected chi connectivity index (χ4v) is 1.23. The van der Waals surface area contributed by atoms with Crippen LogP contribution in [-0.4, -0.2) is 32.5 Å². The third-order valence-corrected chi connectivity index (χ3v) is 2.08. The lowest BCUT2D eigenvalue weighted by atomic mass is 10.2. The number of nitrogens with zero attached hydrogens (tertiary/aromatic N) is 1. The molecule has 1 aromatic heterocycles. The SMILES string of the molecule is CCc1cn(CC(O)CO)c(=O)[nH]c1=O. The van der Waals surface area contributed by atoms with Crippen LogP contribution in [0.4, 0.5) is 0 Å². The van der Waals surface area contributed by atoms with Crippen LogP contribution in [0.15, 0.2) is 15.8 Å². The van der Waals surface area contributed by atoms with Crippen LogP contribution in [0, 0.1) is 0 Å². The van der Waals surface area contributed by atoms with Crippen molar-refractivity contribution in [2.45, 2.75) is 26.0 Å². The first-order valence-corrected chi connectivity index (χ1v) is 4.70. The zero-order chi connectivity index (χ0) is 11.4. The van der Waals surface area contributed by atoms with E-state index < -0.39 is 24.0 Å². The zero-order valence-electron chi connectivity index (χ0n) is 8.43. The molecule has 0 aliphatic carbocycles. The van der Waals surface area contributed by atoms with Gasteiger partial charge in [0.25, 0.3) is 5.56 Å². The minimum absolute atomic E-state index is 0.0287. The van der Waals surface area contributed by atoms with Crippen molar-refractivity contribution >= 4 is 0 Å². The molecule has 6 nitrogen and oxygen atoms in total. The average Bonchev–Trinajstić information content (AvgIpc) is 2.21. The van der Waals surface area contributed by atoms with Gasteiger partial charge in [0.05, 0.1) is 19.3 Å². The van der Waals surface area contributed by atoms with Crippen molar-refractivity contribution in [1.29, 1.82) is 0 Å². The van der Waals surface area contributed by atoms with Crippen molar-refractivity contribution in [3.05, 3.63) is 32.6 Å². The maximum atomic E-state index is 11.3. The number of aliphatic hydroxyl groups is 2. The summed E-state index contributed by atoms with van der Waals surface area (Å²) in [5.74, 6) is 0. The van der Waals surface area contributed by atoms with Gasteiger partial charge in [-0.15, -0.1) is 0 Å². The molecule has 15 heavy (non-hydrogen) atoms. The average molecular weight is 214 g/mol. The minimum atomic E-state index is -1.00. The topological polar surface area (TPSA) is 95.3 Å². The van der Waals surface area contributed by atoms with Crippen LogP contribution in [0.5, 0.6) is 0 Å². The lowest BCUT2D eigenvalue weighted by Crippen LogP contribution is -2.35. The van der Waals surface area contributed by atoms with Gasteiger partial charge in [0, 0.05) is 11.8 Å². The summed E-state index contributed by atoms with van der Waals surface area (Å²) in [5, 5.41) is 17.8. The number of H-pyrrole nitrogens is 1. The van der Waals surface area contributed by atoms with Crippen LogP contribution in [0.1, 0.15) is 12.5 Å². The van der Waals surface area contributed by atoms with E-state index in [-0.39, 0.29) is 6.54 Å². The van der Waals surface area contributed by atoms with Crippen molar-refractivity contribution in [3.63, 3.8) is 0 Å². The Kier molecular flexibility index (Phi) is 3.81. The van der Waals surface area contributed by atoms with Gasteiger partial charge in [-0.1, -0.05) is 6.92 Å². The van der Waals surface area contributed by atoms with E-state index in [1.165, 1.54) is 10.8 Å². The molecule has 1 aromatic rings. The highest BCUT2D eigenvalue weighted by Crippen LogP contribution is 1.91. The molecule has 0 fully saturated rings. The molecule has 84 valence electrons. The normalized spacial score (nSPS) is 12.7. The molecule has 0 spiro atoms. The van der Waals surface area contributed by atoms with Crippen LogP contribution in [0.2, 0.25) is 0 Å². The highest BCUT2D eigenvalue weighted by molar-refractivity contribution is 5.03. The summed E-state index contributed by atoms with van der Waals surface area (Å²) in [6, 6.07) is 0. The molecule has 1 heterocycles. The number of hydrogen-bond donors (Lipinski definition) is 3. The number of aromatic amines is 1. The highest BCUT2D eigenvalue weighted by atomic mass is 16.3. The summed E-state index contributed by atoms with van der Waals surface area (Å²) in [5.41, 5.74) is -0.512. The van der Waals surface area contributed by atoms with Gasteiger partial charge in [0.15, 0.2) is 0 Å². The van der Waals surface area contributed by atoms with Crippen LogP contribution in [0.3, 0.4) is 0 Å². The van der Waals surface area contributed by atoms with Gasteiger partial charge < -0.3 is 10.2 Å². The van der Waals surface area contributed by atoms with Gasteiger partial charge in [-0.2, -0.15) is 0 Å². The standard InChI is InChI=1S/C9H14N2O4/c1-2-6-3-11(4-7(13)5-12)9(15)10-8(6)14/h3,7,12-13H,2,4-5H2,1H3,(H,10,14,15). The Bertz CT molecular complexity index is 434. The highest BCUT2D eigenvalue weighted by Gasteiger charge is 2.07. The van der Waals surface area contributed by atoms with Crippen molar-refractivity contribution in [2.75, 3.05) is 6.61 Å². The van der Waals surface area contributed by atoms with Gasteiger partial charge in [-0.25, -0.2) is 4.79 Å². The summed E-state index contributed by atoms with van der Waals surface area (Å²) < 4.78 is 1.18. The summed E-state index contributed by atoms with van der Waals surface area (Å²) in [7, 11) is 0. The van der Waals surface area contributed by atoms with E-state index in [1.54, 1.807) is 6.92 Å². The monoisotopic (exact) mass is 214 g/mol. The second-order valence-corrected chi connectivity index (χ2v) is 3.26. The molecule has 0 amide bonds. The molecule has 3 N–H and O–H groups in total. The molecular formula is C9H14N2O4. The first-order chi connectivity index (χ1) is 7.08. The molecule has 0 aromatic carbocycles. The molecule has 1 rings (SSSR count). The van der Waals surface area contributed by atoms with Gasteiger partial charge in [0.1, 0.15) is 0 Å². The Hall–Kier alpha value is -1.40. The Balaban J connectivity index is 3.08. The van der Waals surface area contributed by atoms with Crippen molar-refractivity contribution < 1.29 is 10.2 Å². The number of aromatic nitrogens is 2. The zero-order valence-corrected chi connectivity index (χ0v) is 8.43. The molecule has 6 heteroatoms. The molecule has 0 saturated carbocycles. The van der Waals surface area contributed by atoms with Crippen molar-refractivity contribution in [3.8, 4) is 0 Å². The first-order valence-electron chi connectivity index (χ1n) is 4.70. The van der Waals surface area contributed by atoms with Crippen LogP contribution >= 0.6 is 0 Å². The maximum Gasteiger partial charge on any atom is 0.328 e. The maximum absolute atomic E-state index is 11.3. The quantitative estimate of drug-likeness (QED) is 0.565. The second-order valence-electron chi connectivity index (χ2n) is 3.26. The fourth-order valence-electron chi connectivity index (χ4n) is 1.23. The Morgan fingerprint density at radius 1 is 1.53 bits per heavy atom. The van der Waals surface area contributed by atoms with Gasteiger partial charge in [0.2, 0.25) is 0 Å². The number of rotatable bonds is 4. The molecular weight excluding hydrogens is 200 g/mol. The summed E-state index contributed by atoms with van der Waals surface area (Å²) in [6.45, 7) is 1.34. The van der Waals surface area contributed by atoms with Gasteiger partial charge >= 0.3 is 5.69 Å². The van der Waals surface area contributed by atoms with Crippen molar-refractivity contribution in [2.24, 2.45) is 0 Å². The first kappa shape index (κ1) is 11.7. The van der Waals surface area contributed by atoms with E-state index in [2.05, 4.69) is 4.98 Å². The van der Waals surface area contributed by atoms with Crippen molar-refractivity contribution in [1.82, 2.24) is 9.55 Å². The van der Waals surface area contributed by atoms with E-state index in [1.807, 2.05) is 0 Å². The number of aliphatic hydroxyl groups excluding tert-OH is 2. The summed E-state index contributed by atoms with van der Waals surface area (Å²) >= 11 is 0. The molecule has 0 aliphatic heterocycles. The van der Waals surface area contributed by atoms with E-state index in [9.17, 15) is 9.59 Å². The van der Waals surface area contributed by atoms with E-state index in [0.717, 1.165) is 0 Å². The third kappa shape index (κ3) is 2.77. The molecule has 0 bridgehead atoms. The molecule has 1 unspecified atom stereocenters. The van der Waals surface area contributed by atoms with Gasteiger partial charge in [-0.05, 0) is 6.42 Å².